The Morgan fingerprint density at radius 3 is 2.60 bits per heavy atom. The van der Waals surface area contributed by atoms with E-state index in [0.29, 0.717) is 17.8 Å². The van der Waals surface area contributed by atoms with E-state index in [0.717, 1.165) is 5.56 Å². The molecule has 0 saturated heterocycles. The van der Waals surface area contributed by atoms with Crippen LogP contribution < -0.4 is 10.5 Å². The highest BCUT2D eigenvalue weighted by Crippen LogP contribution is 2.18. The summed E-state index contributed by atoms with van der Waals surface area (Å²) in [5, 5.41) is 0. The van der Waals surface area contributed by atoms with Crippen LogP contribution in [0, 0.1) is 6.92 Å². The molecular formula is C10H16N2O2S. The Balaban J connectivity index is 2.86. The molecule has 0 aliphatic rings. The zero-order valence-corrected chi connectivity index (χ0v) is 9.76. The molecule has 15 heavy (non-hydrogen) atoms. The van der Waals surface area contributed by atoms with E-state index in [9.17, 15) is 8.42 Å². The molecule has 0 unspecified atom stereocenters. The largest absolute Gasteiger partial charge is 0.398 e. The van der Waals surface area contributed by atoms with Crippen molar-refractivity contribution in [2.45, 2.75) is 20.3 Å². The number of nitrogens with one attached hydrogen (secondary N) is 1. The summed E-state index contributed by atoms with van der Waals surface area (Å²) in [7, 11) is -3.22. The van der Waals surface area contributed by atoms with Crippen molar-refractivity contribution in [3.05, 3.63) is 23.8 Å². The van der Waals surface area contributed by atoms with Gasteiger partial charge in [-0.1, -0.05) is 13.0 Å². The maximum Gasteiger partial charge on any atom is 0.232 e. The van der Waals surface area contributed by atoms with Crippen molar-refractivity contribution in [3.63, 3.8) is 0 Å². The van der Waals surface area contributed by atoms with E-state index in [1.807, 2.05) is 13.8 Å². The van der Waals surface area contributed by atoms with Gasteiger partial charge < -0.3 is 5.73 Å². The molecule has 84 valence electrons. The SMILES string of the molecule is CCCS(=O)(=O)Nc1ccc(C)c(N)c1. The predicted octanol–water partition coefficient (Wildman–Crippen LogP) is 1.73. The van der Waals surface area contributed by atoms with E-state index in [2.05, 4.69) is 4.72 Å². The summed E-state index contributed by atoms with van der Waals surface area (Å²) in [6.45, 7) is 3.70. The van der Waals surface area contributed by atoms with Crippen LogP contribution in [-0.2, 0) is 10.0 Å². The highest BCUT2D eigenvalue weighted by atomic mass is 32.2. The molecule has 0 saturated carbocycles. The summed E-state index contributed by atoms with van der Waals surface area (Å²) >= 11 is 0. The first kappa shape index (κ1) is 11.8. The lowest BCUT2D eigenvalue weighted by Crippen LogP contribution is -2.16. The van der Waals surface area contributed by atoms with E-state index < -0.39 is 10.0 Å². The smallest absolute Gasteiger partial charge is 0.232 e. The quantitative estimate of drug-likeness (QED) is 0.771. The van der Waals surface area contributed by atoms with Crippen molar-refractivity contribution in [2.24, 2.45) is 0 Å². The molecule has 0 bridgehead atoms. The maximum absolute atomic E-state index is 11.4. The van der Waals surface area contributed by atoms with Gasteiger partial charge in [0.1, 0.15) is 0 Å². The first-order chi connectivity index (χ1) is 6.94. The molecular weight excluding hydrogens is 212 g/mol. The molecule has 1 rings (SSSR count). The molecule has 1 aromatic carbocycles. The minimum Gasteiger partial charge on any atom is -0.398 e. The number of benzene rings is 1. The molecule has 0 fully saturated rings. The van der Waals surface area contributed by atoms with Gasteiger partial charge in [0.2, 0.25) is 10.0 Å². The van der Waals surface area contributed by atoms with Crippen LogP contribution in [0.25, 0.3) is 0 Å². The Bertz CT molecular complexity index is 441. The summed E-state index contributed by atoms with van der Waals surface area (Å²) in [5.41, 5.74) is 7.73. The molecule has 4 nitrogen and oxygen atoms in total. The Morgan fingerprint density at radius 1 is 1.40 bits per heavy atom. The summed E-state index contributed by atoms with van der Waals surface area (Å²) in [4.78, 5) is 0. The molecule has 5 heteroatoms. The van der Waals surface area contributed by atoms with E-state index in [1.165, 1.54) is 0 Å². The molecule has 0 radical (unpaired) electrons. The highest BCUT2D eigenvalue weighted by Gasteiger charge is 2.08. The zero-order valence-electron chi connectivity index (χ0n) is 8.95. The van der Waals surface area contributed by atoms with Crippen molar-refractivity contribution in [1.29, 1.82) is 0 Å². The second kappa shape index (κ2) is 4.53. The fraction of sp³-hybridized carbons (Fsp3) is 0.400. The van der Waals surface area contributed by atoms with Crippen molar-refractivity contribution in [2.75, 3.05) is 16.2 Å². The molecule has 0 aliphatic carbocycles. The Hall–Kier alpha value is -1.23. The van der Waals surface area contributed by atoms with Crippen molar-refractivity contribution in [3.8, 4) is 0 Å². The monoisotopic (exact) mass is 228 g/mol. The maximum atomic E-state index is 11.4. The third kappa shape index (κ3) is 3.43. The number of nitrogens with two attached hydrogens (primary N) is 1. The fourth-order valence-corrected chi connectivity index (χ4v) is 2.33. The summed E-state index contributed by atoms with van der Waals surface area (Å²) in [5.74, 6) is 0.126. The van der Waals surface area contributed by atoms with Gasteiger partial charge in [-0.2, -0.15) is 0 Å². The normalized spacial score (nSPS) is 11.3. The molecule has 0 amide bonds. The number of nitrogen functional groups attached to an aromatic ring is 1. The molecule has 3 N–H and O–H groups in total. The standard InChI is InChI=1S/C10H16N2O2S/c1-3-6-15(13,14)12-9-5-4-8(2)10(11)7-9/h4-5,7,12H,3,6,11H2,1-2H3. The lowest BCUT2D eigenvalue weighted by Gasteiger charge is -2.08. The average molecular weight is 228 g/mol. The summed E-state index contributed by atoms with van der Waals surface area (Å²) in [6, 6.07) is 5.13. The first-order valence-corrected chi connectivity index (χ1v) is 6.46. The van der Waals surface area contributed by atoms with Crippen LogP contribution in [0.2, 0.25) is 0 Å². The molecule has 1 aromatic rings. The van der Waals surface area contributed by atoms with Gasteiger partial charge in [-0.3, -0.25) is 4.72 Å². The van der Waals surface area contributed by atoms with Crippen LogP contribution in [0.1, 0.15) is 18.9 Å². The first-order valence-electron chi connectivity index (χ1n) is 4.81. The van der Waals surface area contributed by atoms with Crippen molar-refractivity contribution in [1.82, 2.24) is 0 Å². The van der Waals surface area contributed by atoms with E-state index in [4.69, 9.17) is 5.73 Å². The number of sulfonamides is 1. The Kier molecular flexibility index (Phi) is 3.57. The molecule has 0 heterocycles. The number of anilines is 2. The van der Waals surface area contributed by atoms with Gasteiger partial charge in [-0.25, -0.2) is 8.42 Å². The number of rotatable bonds is 4. The third-order valence-electron chi connectivity index (χ3n) is 2.03. The molecule has 0 atom stereocenters. The van der Waals surface area contributed by atoms with Crippen LogP contribution in [0.4, 0.5) is 11.4 Å². The Labute approximate surface area is 90.5 Å². The van der Waals surface area contributed by atoms with Crippen LogP contribution >= 0.6 is 0 Å². The zero-order chi connectivity index (χ0) is 11.5. The lowest BCUT2D eigenvalue weighted by molar-refractivity contribution is 0.600. The van der Waals surface area contributed by atoms with Crippen molar-refractivity contribution < 1.29 is 8.42 Å². The number of hydrogen-bond acceptors (Lipinski definition) is 3. The number of hydrogen-bond donors (Lipinski definition) is 2. The average Bonchev–Trinajstić information content (AvgIpc) is 2.10. The van der Waals surface area contributed by atoms with Gasteiger partial charge in [0.25, 0.3) is 0 Å². The van der Waals surface area contributed by atoms with Crippen LogP contribution in [0.3, 0.4) is 0 Å². The van der Waals surface area contributed by atoms with Gasteiger partial charge in [0, 0.05) is 5.69 Å². The van der Waals surface area contributed by atoms with E-state index in [1.54, 1.807) is 18.2 Å². The van der Waals surface area contributed by atoms with Crippen LogP contribution in [0.5, 0.6) is 0 Å². The van der Waals surface area contributed by atoms with Gasteiger partial charge in [-0.15, -0.1) is 0 Å². The Morgan fingerprint density at radius 2 is 2.07 bits per heavy atom. The molecule has 0 aromatic heterocycles. The highest BCUT2D eigenvalue weighted by molar-refractivity contribution is 7.92. The second-order valence-electron chi connectivity index (χ2n) is 3.49. The second-order valence-corrected chi connectivity index (χ2v) is 5.33. The van der Waals surface area contributed by atoms with Crippen LogP contribution in [0.15, 0.2) is 18.2 Å². The van der Waals surface area contributed by atoms with Gasteiger partial charge in [-0.05, 0) is 31.0 Å². The molecule has 0 aliphatic heterocycles. The third-order valence-corrected chi connectivity index (χ3v) is 3.52. The predicted molar refractivity (Wildman–Crippen MR) is 63.3 cm³/mol. The lowest BCUT2D eigenvalue weighted by atomic mass is 10.2. The van der Waals surface area contributed by atoms with Crippen molar-refractivity contribution >= 4 is 21.4 Å². The minimum absolute atomic E-state index is 0.126. The van der Waals surface area contributed by atoms with Crippen LogP contribution in [-0.4, -0.2) is 14.2 Å². The van der Waals surface area contributed by atoms with Gasteiger partial charge >= 0.3 is 0 Å². The number of aryl methyl sites for hydroxylation is 1. The topological polar surface area (TPSA) is 72.2 Å². The summed E-state index contributed by atoms with van der Waals surface area (Å²) in [6.07, 6.45) is 0.594. The van der Waals surface area contributed by atoms with Gasteiger partial charge in [0.15, 0.2) is 0 Å². The molecule has 0 spiro atoms. The summed E-state index contributed by atoms with van der Waals surface area (Å²) < 4.78 is 25.4. The minimum atomic E-state index is -3.22. The van der Waals surface area contributed by atoms with Gasteiger partial charge in [0.05, 0.1) is 11.4 Å². The van der Waals surface area contributed by atoms with E-state index in [-0.39, 0.29) is 5.75 Å². The van der Waals surface area contributed by atoms with E-state index >= 15 is 0 Å². The fourth-order valence-electron chi connectivity index (χ4n) is 1.20.